The lowest BCUT2D eigenvalue weighted by atomic mass is 10.1. The molecular weight excluding hydrogens is 434 g/mol. The highest BCUT2D eigenvalue weighted by molar-refractivity contribution is 5.98. The molecule has 0 bridgehead atoms. The van der Waals surface area contributed by atoms with Crippen molar-refractivity contribution in [3.05, 3.63) is 89.2 Å². The summed E-state index contributed by atoms with van der Waals surface area (Å²) in [6.07, 6.45) is 2.44. The molecule has 1 atom stereocenters. The van der Waals surface area contributed by atoms with E-state index >= 15 is 0 Å². The van der Waals surface area contributed by atoms with E-state index in [0.717, 1.165) is 58.8 Å². The van der Waals surface area contributed by atoms with Gasteiger partial charge in [0.2, 0.25) is 5.91 Å². The van der Waals surface area contributed by atoms with E-state index in [1.807, 2.05) is 29.2 Å². The van der Waals surface area contributed by atoms with Crippen LogP contribution >= 0.6 is 0 Å². The largest absolute Gasteiger partial charge is 0.494 e. The van der Waals surface area contributed by atoms with Gasteiger partial charge in [0.25, 0.3) is 0 Å². The fourth-order valence-corrected chi connectivity index (χ4v) is 5.24. The molecule has 5 nitrogen and oxygen atoms in total. The minimum atomic E-state index is 0.0810. The van der Waals surface area contributed by atoms with Crippen LogP contribution in [-0.4, -0.2) is 28.6 Å². The van der Waals surface area contributed by atoms with Gasteiger partial charge in [-0.2, -0.15) is 0 Å². The molecule has 180 valence electrons. The predicted octanol–water partition coefficient (Wildman–Crippen LogP) is 6.34. The van der Waals surface area contributed by atoms with Crippen LogP contribution in [0, 0.1) is 20.8 Å². The number of carbonyl (C=O) groups is 1. The standard InChI is InChI=1S/C30H33N3O2/c1-21-10-8-13-25(18-21)35-17-7-6-16-32-27-15-5-4-14-26(27)31-30(32)24-19-28(34)33(20-24)29-22(2)11-9-12-23(29)3/h4-5,8-15,18,24H,6-7,16-17,19-20H2,1-3H3. The quantitative estimate of drug-likeness (QED) is 0.284. The first-order valence-electron chi connectivity index (χ1n) is 12.5. The van der Waals surface area contributed by atoms with Crippen LogP contribution in [0.15, 0.2) is 66.7 Å². The number of nitrogens with zero attached hydrogens (tertiary/aromatic N) is 3. The van der Waals surface area contributed by atoms with Crippen LogP contribution in [0.5, 0.6) is 5.75 Å². The van der Waals surface area contributed by atoms with E-state index < -0.39 is 0 Å². The van der Waals surface area contributed by atoms with Gasteiger partial charge in [0.1, 0.15) is 11.6 Å². The van der Waals surface area contributed by atoms with Gasteiger partial charge < -0.3 is 14.2 Å². The van der Waals surface area contributed by atoms with Crippen molar-refractivity contribution in [1.82, 2.24) is 9.55 Å². The summed E-state index contributed by atoms with van der Waals surface area (Å²) in [4.78, 5) is 20.1. The van der Waals surface area contributed by atoms with Gasteiger partial charge in [-0.25, -0.2) is 4.98 Å². The zero-order valence-corrected chi connectivity index (χ0v) is 20.8. The fourth-order valence-electron chi connectivity index (χ4n) is 5.24. The number of anilines is 1. The summed E-state index contributed by atoms with van der Waals surface area (Å²) in [6.45, 7) is 8.46. The van der Waals surface area contributed by atoms with Gasteiger partial charge in [-0.05, 0) is 74.6 Å². The second kappa shape index (κ2) is 9.95. The number of ether oxygens (including phenoxy) is 1. The Morgan fingerprint density at radius 1 is 0.943 bits per heavy atom. The van der Waals surface area contributed by atoms with Crippen molar-refractivity contribution in [2.24, 2.45) is 0 Å². The van der Waals surface area contributed by atoms with Crippen LogP contribution in [0.2, 0.25) is 0 Å². The van der Waals surface area contributed by atoms with E-state index in [-0.39, 0.29) is 11.8 Å². The van der Waals surface area contributed by atoms with Crippen molar-refractivity contribution in [2.75, 3.05) is 18.1 Å². The molecule has 1 fully saturated rings. The molecule has 0 N–H and O–H groups in total. The summed E-state index contributed by atoms with van der Waals surface area (Å²) in [5.41, 5.74) is 6.67. The molecule has 1 aliphatic rings. The highest BCUT2D eigenvalue weighted by Crippen LogP contribution is 2.36. The second-order valence-corrected chi connectivity index (χ2v) is 9.63. The first kappa shape index (κ1) is 23.2. The summed E-state index contributed by atoms with van der Waals surface area (Å²) in [5.74, 6) is 2.21. The summed E-state index contributed by atoms with van der Waals surface area (Å²) in [5, 5.41) is 0. The number of aryl methyl sites for hydroxylation is 4. The SMILES string of the molecule is Cc1cccc(OCCCCn2c(C3CC(=O)N(c4c(C)cccc4C)C3)nc3ccccc32)c1. The number of imidazole rings is 1. The monoisotopic (exact) mass is 467 g/mol. The zero-order valence-electron chi connectivity index (χ0n) is 20.8. The third-order valence-corrected chi connectivity index (χ3v) is 6.92. The minimum absolute atomic E-state index is 0.0810. The van der Waals surface area contributed by atoms with Gasteiger partial charge in [0.15, 0.2) is 0 Å². The van der Waals surface area contributed by atoms with Crippen molar-refractivity contribution in [1.29, 1.82) is 0 Å². The Labute approximate surface area is 207 Å². The first-order valence-corrected chi connectivity index (χ1v) is 12.5. The van der Waals surface area contributed by atoms with E-state index in [2.05, 4.69) is 67.8 Å². The van der Waals surface area contributed by atoms with Gasteiger partial charge in [-0.15, -0.1) is 0 Å². The molecule has 3 aromatic carbocycles. The number of unbranched alkanes of at least 4 members (excludes halogenated alkanes) is 1. The lowest BCUT2D eigenvalue weighted by molar-refractivity contribution is -0.117. The van der Waals surface area contributed by atoms with E-state index in [4.69, 9.17) is 9.72 Å². The molecule has 0 aliphatic carbocycles. The number of fused-ring (bicyclic) bond motifs is 1. The summed E-state index contributed by atoms with van der Waals surface area (Å²) in [6, 6.07) is 22.7. The van der Waals surface area contributed by atoms with Gasteiger partial charge in [-0.3, -0.25) is 4.79 Å². The maximum atomic E-state index is 13.1. The molecule has 2 heterocycles. The molecule has 0 saturated carbocycles. The smallest absolute Gasteiger partial charge is 0.227 e. The van der Waals surface area contributed by atoms with Crippen molar-refractivity contribution >= 4 is 22.6 Å². The number of benzene rings is 3. The van der Waals surface area contributed by atoms with Crippen molar-refractivity contribution < 1.29 is 9.53 Å². The Kier molecular flexibility index (Phi) is 6.58. The van der Waals surface area contributed by atoms with E-state index in [1.54, 1.807) is 0 Å². The normalized spacial score (nSPS) is 15.8. The first-order chi connectivity index (χ1) is 17.0. The minimum Gasteiger partial charge on any atom is -0.494 e. The molecule has 1 unspecified atom stereocenters. The third kappa shape index (κ3) is 4.81. The van der Waals surface area contributed by atoms with Crippen LogP contribution in [0.25, 0.3) is 11.0 Å². The molecule has 5 rings (SSSR count). The van der Waals surface area contributed by atoms with Crippen molar-refractivity contribution in [3.63, 3.8) is 0 Å². The van der Waals surface area contributed by atoms with Crippen LogP contribution in [0.4, 0.5) is 5.69 Å². The number of rotatable bonds is 8. The third-order valence-electron chi connectivity index (χ3n) is 6.92. The molecule has 4 aromatic rings. The number of para-hydroxylation sites is 3. The Balaban J connectivity index is 1.32. The van der Waals surface area contributed by atoms with Crippen LogP contribution in [0.1, 0.15) is 47.7 Å². The second-order valence-electron chi connectivity index (χ2n) is 9.63. The average molecular weight is 468 g/mol. The number of amides is 1. The topological polar surface area (TPSA) is 47.4 Å². The molecule has 35 heavy (non-hydrogen) atoms. The molecule has 1 aliphatic heterocycles. The molecule has 1 amide bonds. The number of hydrogen-bond acceptors (Lipinski definition) is 3. The van der Waals surface area contributed by atoms with Crippen molar-refractivity contribution in [2.45, 2.75) is 52.5 Å². The predicted molar refractivity (Wildman–Crippen MR) is 141 cm³/mol. The molecule has 0 radical (unpaired) electrons. The van der Waals surface area contributed by atoms with Gasteiger partial charge >= 0.3 is 0 Å². The van der Waals surface area contributed by atoms with Gasteiger partial charge in [0.05, 0.1) is 17.6 Å². The Hall–Kier alpha value is -3.60. The van der Waals surface area contributed by atoms with Crippen molar-refractivity contribution in [3.8, 4) is 5.75 Å². The summed E-state index contributed by atoms with van der Waals surface area (Å²) >= 11 is 0. The summed E-state index contributed by atoms with van der Waals surface area (Å²) in [7, 11) is 0. The van der Waals surface area contributed by atoms with Crippen LogP contribution < -0.4 is 9.64 Å². The fraction of sp³-hybridized carbons (Fsp3) is 0.333. The van der Waals surface area contributed by atoms with E-state index in [9.17, 15) is 4.79 Å². The number of hydrogen-bond donors (Lipinski definition) is 0. The lowest BCUT2D eigenvalue weighted by Crippen LogP contribution is -2.26. The van der Waals surface area contributed by atoms with Gasteiger partial charge in [0, 0.05) is 31.1 Å². The van der Waals surface area contributed by atoms with E-state index in [1.165, 1.54) is 5.56 Å². The zero-order chi connectivity index (χ0) is 24.4. The van der Waals surface area contributed by atoms with Gasteiger partial charge in [-0.1, -0.05) is 42.5 Å². The Bertz CT molecular complexity index is 1340. The number of aromatic nitrogens is 2. The molecule has 1 saturated heterocycles. The molecule has 0 spiro atoms. The average Bonchev–Trinajstić information content (AvgIpc) is 3.39. The van der Waals surface area contributed by atoms with Crippen LogP contribution in [0.3, 0.4) is 0 Å². The summed E-state index contributed by atoms with van der Waals surface area (Å²) < 4.78 is 8.27. The highest BCUT2D eigenvalue weighted by Gasteiger charge is 2.35. The maximum absolute atomic E-state index is 13.1. The highest BCUT2D eigenvalue weighted by atomic mass is 16.5. The number of carbonyl (C=O) groups excluding carboxylic acids is 1. The maximum Gasteiger partial charge on any atom is 0.227 e. The lowest BCUT2D eigenvalue weighted by Gasteiger charge is -2.21. The van der Waals surface area contributed by atoms with E-state index in [0.29, 0.717) is 19.6 Å². The van der Waals surface area contributed by atoms with Crippen LogP contribution in [-0.2, 0) is 11.3 Å². The Morgan fingerprint density at radius 3 is 2.51 bits per heavy atom. The Morgan fingerprint density at radius 2 is 1.71 bits per heavy atom. The molecular formula is C30H33N3O2. The molecule has 1 aromatic heterocycles. The molecule has 5 heteroatoms.